The minimum absolute atomic E-state index is 0.0280. The lowest BCUT2D eigenvalue weighted by molar-refractivity contribution is -0.382. The van der Waals surface area contributed by atoms with Crippen LogP contribution in [-0.4, -0.2) is 22.9 Å². The Labute approximate surface area is 187 Å². The minimum Gasteiger partial charge on any atom is -0.459 e. The highest BCUT2D eigenvalue weighted by Crippen LogP contribution is 2.40. The lowest BCUT2D eigenvalue weighted by atomic mass is 9.98. The molecular weight excluding hydrogens is 440 g/mol. The van der Waals surface area contributed by atoms with Crippen molar-refractivity contribution in [3.63, 3.8) is 0 Å². The standard InChI is InChI=1S/C22H19ClN2O5S/c23-18-16-7-4-8-17(25(28)29)19(16)31-20(18)21(26)24-14-11-9-13(10-12-14)22(27)30-15-5-2-1-3-6-15/h4,7-12,15H,1-3,5-6H2,(H,24,26). The zero-order valence-corrected chi connectivity index (χ0v) is 18.0. The topological polar surface area (TPSA) is 98.5 Å². The van der Waals surface area contributed by atoms with E-state index in [1.807, 2.05) is 0 Å². The number of halogens is 1. The van der Waals surface area contributed by atoms with Crippen LogP contribution in [0.1, 0.15) is 52.1 Å². The fourth-order valence-corrected chi connectivity index (χ4v) is 5.13. The molecule has 31 heavy (non-hydrogen) atoms. The summed E-state index contributed by atoms with van der Waals surface area (Å²) in [6.07, 6.45) is 5.10. The summed E-state index contributed by atoms with van der Waals surface area (Å²) in [6.45, 7) is 0. The molecule has 0 aliphatic heterocycles. The van der Waals surface area contributed by atoms with Gasteiger partial charge >= 0.3 is 5.97 Å². The maximum absolute atomic E-state index is 12.7. The Morgan fingerprint density at radius 3 is 2.48 bits per heavy atom. The van der Waals surface area contributed by atoms with Crippen LogP contribution in [0.25, 0.3) is 10.1 Å². The van der Waals surface area contributed by atoms with Crippen LogP contribution in [0.3, 0.4) is 0 Å². The second kappa shape index (κ2) is 9.03. The summed E-state index contributed by atoms with van der Waals surface area (Å²) in [4.78, 5) is 36.0. The SMILES string of the molecule is O=C(OC1CCCCC1)c1ccc(NC(=O)c2sc3c([N+](=O)[O-])cccc3c2Cl)cc1. The van der Waals surface area contributed by atoms with Crippen LogP contribution >= 0.6 is 22.9 Å². The number of anilines is 1. The molecule has 1 fully saturated rings. The van der Waals surface area contributed by atoms with Crippen molar-refractivity contribution >= 4 is 56.3 Å². The molecule has 0 radical (unpaired) electrons. The third-order valence-electron chi connectivity index (χ3n) is 5.24. The van der Waals surface area contributed by atoms with E-state index in [1.165, 1.54) is 18.6 Å². The van der Waals surface area contributed by atoms with Crippen molar-refractivity contribution in [2.24, 2.45) is 0 Å². The average molecular weight is 459 g/mol. The predicted molar refractivity (Wildman–Crippen MR) is 120 cm³/mol. The highest BCUT2D eigenvalue weighted by atomic mass is 35.5. The molecular formula is C22H19ClN2O5S. The zero-order valence-electron chi connectivity index (χ0n) is 16.4. The van der Waals surface area contributed by atoms with Gasteiger partial charge in [0.25, 0.3) is 11.6 Å². The lowest BCUT2D eigenvalue weighted by Crippen LogP contribution is -2.20. The van der Waals surface area contributed by atoms with Crippen LogP contribution in [0.2, 0.25) is 5.02 Å². The fraction of sp³-hybridized carbons (Fsp3) is 0.273. The molecule has 2 aromatic carbocycles. The molecule has 3 aromatic rings. The maximum Gasteiger partial charge on any atom is 0.338 e. The lowest BCUT2D eigenvalue weighted by Gasteiger charge is -2.21. The van der Waals surface area contributed by atoms with Crippen molar-refractivity contribution in [3.8, 4) is 0 Å². The molecule has 0 bridgehead atoms. The number of nitro groups is 1. The number of ether oxygens (including phenoxy) is 1. The molecule has 1 N–H and O–H groups in total. The molecule has 0 spiro atoms. The van der Waals surface area contributed by atoms with Crippen LogP contribution in [0.4, 0.5) is 11.4 Å². The van der Waals surface area contributed by atoms with E-state index in [0.29, 0.717) is 21.3 Å². The number of rotatable bonds is 5. The van der Waals surface area contributed by atoms with Gasteiger partial charge in [-0.3, -0.25) is 14.9 Å². The molecule has 0 atom stereocenters. The molecule has 1 aromatic heterocycles. The smallest absolute Gasteiger partial charge is 0.338 e. The van der Waals surface area contributed by atoms with Crippen molar-refractivity contribution in [1.82, 2.24) is 0 Å². The number of nitrogens with one attached hydrogen (secondary N) is 1. The summed E-state index contributed by atoms with van der Waals surface area (Å²) in [6, 6.07) is 11.0. The summed E-state index contributed by atoms with van der Waals surface area (Å²) in [5.74, 6) is -0.845. The number of non-ortho nitro benzene ring substituents is 1. The first-order valence-corrected chi connectivity index (χ1v) is 11.1. The van der Waals surface area contributed by atoms with E-state index in [2.05, 4.69) is 5.32 Å². The first kappa shape index (κ1) is 21.3. The van der Waals surface area contributed by atoms with Gasteiger partial charge in [0, 0.05) is 17.1 Å². The molecule has 4 rings (SSSR count). The van der Waals surface area contributed by atoms with E-state index >= 15 is 0 Å². The Morgan fingerprint density at radius 2 is 1.81 bits per heavy atom. The summed E-state index contributed by atoms with van der Waals surface area (Å²) < 4.78 is 5.90. The predicted octanol–water partition coefficient (Wildman–Crippen LogP) is 6.20. The van der Waals surface area contributed by atoms with Gasteiger partial charge in [-0.2, -0.15) is 0 Å². The van der Waals surface area contributed by atoms with Crippen LogP contribution < -0.4 is 5.32 Å². The number of esters is 1. The van der Waals surface area contributed by atoms with E-state index in [1.54, 1.807) is 30.3 Å². The summed E-state index contributed by atoms with van der Waals surface area (Å²) in [7, 11) is 0. The van der Waals surface area contributed by atoms with Crippen molar-refractivity contribution in [1.29, 1.82) is 0 Å². The maximum atomic E-state index is 12.7. The molecule has 1 heterocycles. The van der Waals surface area contributed by atoms with Gasteiger partial charge in [-0.05, 0) is 49.9 Å². The van der Waals surface area contributed by atoms with Gasteiger partial charge in [0.15, 0.2) is 0 Å². The molecule has 7 nitrogen and oxygen atoms in total. The zero-order chi connectivity index (χ0) is 22.0. The van der Waals surface area contributed by atoms with Crippen LogP contribution in [0.5, 0.6) is 0 Å². The molecule has 1 aliphatic rings. The Bertz CT molecular complexity index is 1150. The summed E-state index contributed by atoms with van der Waals surface area (Å²) in [5, 5.41) is 14.6. The first-order valence-electron chi connectivity index (χ1n) is 9.92. The van der Waals surface area contributed by atoms with Gasteiger partial charge in [0.1, 0.15) is 15.7 Å². The largest absolute Gasteiger partial charge is 0.459 e. The molecule has 0 saturated heterocycles. The van der Waals surface area contributed by atoms with Gasteiger partial charge in [-0.15, -0.1) is 11.3 Å². The van der Waals surface area contributed by atoms with Gasteiger partial charge in [-0.1, -0.05) is 30.2 Å². The minimum atomic E-state index is -0.498. The van der Waals surface area contributed by atoms with Gasteiger partial charge < -0.3 is 10.1 Å². The van der Waals surface area contributed by atoms with Crippen molar-refractivity contribution in [2.75, 3.05) is 5.32 Å². The second-order valence-corrected chi connectivity index (χ2v) is 8.75. The van der Waals surface area contributed by atoms with E-state index in [-0.39, 0.29) is 27.7 Å². The molecule has 1 aliphatic carbocycles. The number of hydrogen-bond acceptors (Lipinski definition) is 6. The van der Waals surface area contributed by atoms with Gasteiger partial charge in [0.05, 0.1) is 15.5 Å². The van der Waals surface area contributed by atoms with E-state index in [4.69, 9.17) is 16.3 Å². The fourth-order valence-electron chi connectivity index (χ4n) is 3.64. The Balaban J connectivity index is 1.47. The summed E-state index contributed by atoms with van der Waals surface area (Å²) >= 11 is 7.29. The first-order chi connectivity index (χ1) is 14.9. The number of nitro benzene ring substituents is 1. The number of thiophene rings is 1. The number of amides is 1. The number of carbonyl (C=O) groups excluding carboxylic acids is 2. The third-order valence-corrected chi connectivity index (χ3v) is 6.97. The highest BCUT2D eigenvalue weighted by molar-refractivity contribution is 7.22. The molecule has 1 amide bonds. The van der Waals surface area contributed by atoms with E-state index in [9.17, 15) is 19.7 Å². The van der Waals surface area contributed by atoms with Gasteiger partial charge in [0.2, 0.25) is 0 Å². The highest BCUT2D eigenvalue weighted by Gasteiger charge is 2.23. The number of benzene rings is 2. The van der Waals surface area contributed by atoms with Crippen LogP contribution in [0.15, 0.2) is 42.5 Å². The molecule has 160 valence electrons. The quantitative estimate of drug-likeness (QED) is 0.278. The Morgan fingerprint density at radius 1 is 1.10 bits per heavy atom. The van der Waals surface area contributed by atoms with Crippen LogP contribution in [-0.2, 0) is 4.74 Å². The van der Waals surface area contributed by atoms with Crippen molar-refractivity contribution in [3.05, 3.63) is 68.0 Å². The summed E-state index contributed by atoms with van der Waals surface area (Å²) in [5.41, 5.74) is 0.797. The monoisotopic (exact) mass is 458 g/mol. The number of nitrogens with zero attached hydrogens (tertiary/aromatic N) is 1. The van der Waals surface area contributed by atoms with Crippen LogP contribution in [0, 0.1) is 10.1 Å². The number of fused-ring (bicyclic) bond motifs is 1. The Kier molecular flexibility index (Phi) is 6.20. The molecule has 9 heteroatoms. The normalized spacial score (nSPS) is 14.4. The number of hydrogen-bond donors (Lipinski definition) is 1. The van der Waals surface area contributed by atoms with E-state index in [0.717, 1.165) is 37.0 Å². The second-order valence-electron chi connectivity index (χ2n) is 7.35. The van der Waals surface area contributed by atoms with E-state index < -0.39 is 10.8 Å². The number of carbonyl (C=O) groups is 2. The molecule has 1 saturated carbocycles. The van der Waals surface area contributed by atoms with Gasteiger partial charge in [-0.25, -0.2) is 4.79 Å². The third kappa shape index (κ3) is 4.55. The Hall–Kier alpha value is -2.97. The molecule has 0 unspecified atom stereocenters. The van der Waals surface area contributed by atoms with Crippen molar-refractivity contribution in [2.45, 2.75) is 38.2 Å². The van der Waals surface area contributed by atoms with Crippen molar-refractivity contribution < 1.29 is 19.2 Å². The average Bonchev–Trinajstić information content (AvgIpc) is 3.11.